The summed E-state index contributed by atoms with van der Waals surface area (Å²) in [7, 11) is 0. The van der Waals surface area contributed by atoms with E-state index in [0.29, 0.717) is 22.4 Å². The van der Waals surface area contributed by atoms with Gasteiger partial charge in [0.15, 0.2) is 10.3 Å². The van der Waals surface area contributed by atoms with Gasteiger partial charge in [0.25, 0.3) is 5.91 Å². The molecule has 0 saturated heterocycles. The summed E-state index contributed by atoms with van der Waals surface area (Å²) >= 11 is 8.39. The molecule has 0 aliphatic heterocycles. The average molecular weight is 474 g/mol. The van der Waals surface area contributed by atoms with Crippen LogP contribution in [0.3, 0.4) is 0 Å². The Morgan fingerprint density at radius 2 is 1.94 bits per heavy atom. The number of halogens is 1. The van der Waals surface area contributed by atoms with E-state index in [9.17, 15) is 9.59 Å². The number of carbonyl (C=O) groups excluding carboxylic acids is 2. The number of nitrogens with one attached hydrogen (secondary N) is 3. The molecule has 158 valence electrons. The number of urea groups is 1. The standard InChI is InChI=1S/C20H16ClN5O3S2/c1-2-29-13-6-7-14-16(9-13)31-20(23-14)25-17(27)15-10-30-19(24-15)26-18(28)22-12-5-3-4-11(21)8-12/h3-10H,2H2,1H3,(H,23,25,27)(H2,22,24,26,28). The Hall–Kier alpha value is -3.21. The number of aromatic nitrogens is 2. The fraction of sp³-hybridized carbons (Fsp3) is 0.100. The van der Waals surface area contributed by atoms with Gasteiger partial charge < -0.3 is 10.1 Å². The first-order valence-corrected chi connectivity index (χ1v) is 11.2. The molecule has 2 heterocycles. The number of amides is 3. The maximum Gasteiger partial charge on any atom is 0.325 e. The fourth-order valence-corrected chi connectivity index (χ4v) is 4.40. The number of nitrogens with zero attached hydrogens (tertiary/aromatic N) is 2. The Morgan fingerprint density at radius 1 is 1.06 bits per heavy atom. The van der Waals surface area contributed by atoms with Crippen molar-refractivity contribution in [3.05, 3.63) is 58.6 Å². The van der Waals surface area contributed by atoms with Gasteiger partial charge in [-0.15, -0.1) is 11.3 Å². The molecule has 2 aromatic carbocycles. The molecule has 8 nitrogen and oxygen atoms in total. The Bertz CT molecular complexity index is 1260. The van der Waals surface area contributed by atoms with Gasteiger partial charge in [-0.25, -0.2) is 14.8 Å². The Balaban J connectivity index is 1.38. The molecule has 4 rings (SSSR count). The number of ether oxygens (including phenoxy) is 1. The first-order chi connectivity index (χ1) is 15.0. The van der Waals surface area contributed by atoms with E-state index in [-0.39, 0.29) is 10.8 Å². The highest BCUT2D eigenvalue weighted by Crippen LogP contribution is 2.29. The van der Waals surface area contributed by atoms with E-state index < -0.39 is 11.9 Å². The summed E-state index contributed by atoms with van der Waals surface area (Å²) in [6.07, 6.45) is 0. The van der Waals surface area contributed by atoms with E-state index in [0.717, 1.165) is 27.3 Å². The van der Waals surface area contributed by atoms with Crippen LogP contribution in [0.5, 0.6) is 5.75 Å². The molecule has 0 bridgehead atoms. The summed E-state index contributed by atoms with van der Waals surface area (Å²) in [6.45, 7) is 2.49. The quantitative estimate of drug-likeness (QED) is 0.333. The lowest BCUT2D eigenvalue weighted by Crippen LogP contribution is -2.19. The van der Waals surface area contributed by atoms with Crippen LogP contribution in [0.4, 0.5) is 20.7 Å². The molecule has 0 unspecified atom stereocenters. The number of rotatable bonds is 6. The van der Waals surface area contributed by atoms with Crippen molar-refractivity contribution in [2.45, 2.75) is 6.92 Å². The van der Waals surface area contributed by atoms with Gasteiger partial charge in [-0.05, 0) is 43.3 Å². The summed E-state index contributed by atoms with van der Waals surface area (Å²) in [5.41, 5.74) is 1.49. The third-order valence-electron chi connectivity index (χ3n) is 3.93. The zero-order valence-corrected chi connectivity index (χ0v) is 18.5. The largest absolute Gasteiger partial charge is 0.494 e. The predicted octanol–water partition coefficient (Wildman–Crippen LogP) is 5.70. The second-order valence-electron chi connectivity index (χ2n) is 6.16. The topological polar surface area (TPSA) is 105 Å². The molecule has 2 aromatic heterocycles. The number of carbonyl (C=O) groups is 2. The van der Waals surface area contributed by atoms with E-state index in [2.05, 4.69) is 25.9 Å². The van der Waals surface area contributed by atoms with Gasteiger partial charge in [0, 0.05) is 16.1 Å². The third-order valence-corrected chi connectivity index (χ3v) is 5.86. The zero-order valence-electron chi connectivity index (χ0n) is 16.1. The average Bonchev–Trinajstić information content (AvgIpc) is 3.34. The summed E-state index contributed by atoms with van der Waals surface area (Å²) < 4.78 is 6.39. The molecule has 11 heteroatoms. The maximum absolute atomic E-state index is 12.5. The lowest BCUT2D eigenvalue weighted by Gasteiger charge is -2.05. The Morgan fingerprint density at radius 3 is 2.74 bits per heavy atom. The predicted molar refractivity (Wildman–Crippen MR) is 125 cm³/mol. The van der Waals surface area contributed by atoms with E-state index in [1.165, 1.54) is 11.3 Å². The summed E-state index contributed by atoms with van der Waals surface area (Å²) in [4.78, 5) is 33.2. The molecule has 0 saturated carbocycles. The minimum absolute atomic E-state index is 0.178. The maximum atomic E-state index is 12.5. The van der Waals surface area contributed by atoms with Crippen molar-refractivity contribution >= 4 is 72.4 Å². The summed E-state index contributed by atoms with van der Waals surface area (Å²) in [5, 5.41) is 10.8. The van der Waals surface area contributed by atoms with Crippen LogP contribution in [-0.2, 0) is 0 Å². The number of benzene rings is 2. The molecule has 0 fully saturated rings. The normalized spacial score (nSPS) is 10.6. The second kappa shape index (κ2) is 9.29. The Kier molecular flexibility index (Phi) is 6.31. The second-order valence-corrected chi connectivity index (χ2v) is 8.49. The number of anilines is 3. The first-order valence-electron chi connectivity index (χ1n) is 9.14. The van der Waals surface area contributed by atoms with Crippen LogP contribution in [0.15, 0.2) is 47.8 Å². The van der Waals surface area contributed by atoms with Crippen LogP contribution in [-0.4, -0.2) is 28.5 Å². The molecule has 3 amide bonds. The monoisotopic (exact) mass is 473 g/mol. The van der Waals surface area contributed by atoms with E-state index in [1.54, 1.807) is 29.6 Å². The number of fused-ring (bicyclic) bond motifs is 1. The molecular weight excluding hydrogens is 458 g/mol. The van der Waals surface area contributed by atoms with Crippen molar-refractivity contribution in [3.8, 4) is 5.75 Å². The zero-order chi connectivity index (χ0) is 21.8. The SMILES string of the molecule is CCOc1ccc2nc(NC(=O)c3csc(NC(=O)Nc4cccc(Cl)c4)n3)sc2c1. The van der Waals surface area contributed by atoms with E-state index >= 15 is 0 Å². The van der Waals surface area contributed by atoms with Crippen LogP contribution in [0.1, 0.15) is 17.4 Å². The number of hydrogen-bond donors (Lipinski definition) is 3. The minimum Gasteiger partial charge on any atom is -0.494 e. The van der Waals surface area contributed by atoms with Crippen LogP contribution in [0.2, 0.25) is 5.02 Å². The molecule has 3 N–H and O–H groups in total. The lowest BCUT2D eigenvalue weighted by atomic mass is 10.3. The highest BCUT2D eigenvalue weighted by molar-refractivity contribution is 7.22. The van der Waals surface area contributed by atoms with Crippen LogP contribution >= 0.6 is 34.3 Å². The third kappa shape index (κ3) is 5.29. The molecule has 0 atom stereocenters. The van der Waals surface area contributed by atoms with Crippen LogP contribution in [0.25, 0.3) is 10.2 Å². The molecule has 0 radical (unpaired) electrons. The van der Waals surface area contributed by atoms with Gasteiger partial charge in [-0.3, -0.25) is 15.4 Å². The highest BCUT2D eigenvalue weighted by Gasteiger charge is 2.15. The number of hydrogen-bond acceptors (Lipinski definition) is 7. The highest BCUT2D eigenvalue weighted by atomic mass is 35.5. The summed E-state index contributed by atoms with van der Waals surface area (Å²) in [5.74, 6) is 0.339. The van der Waals surface area contributed by atoms with Crippen molar-refractivity contribution in [1.82, 2.24) is 9.97 Å². The van der Waals surface area contributed by atoms with Gasteiger partial charge in [0.1, 0.15) is 11.4 Å². The number of thiazole rings is 2. The van der Waals surface area contributed by atoms with Crippen LogP contribution < -0.4 is 20.7 Å². The van der Waals surface area contributed by atoms with Crippen molar-refractivity contribution in [2.75, 3.05) is 22.6 Å². The van der Waals surface area contributed by atoms with E-state index in [4.69, 9.17) is 16.3 Å². The van der Waals surface area contributed by atoms with Gasteiger partial charge >= 0.3 is 6.03 Å². The van der Waals surface area contributed by atoms with Gasteiger partial charge in [-0.2, -0.15) is 0 Å². The van der Waals surface area contributed by atoms with Gasteiger partial charge in [-0.1, -0.05) is 29.0 Å². The van der Waals surface area contributed by atoms with Gasteiger partial charge in [0.05, 0.1) is 16.8 Å². The minimum atomic E-state index is -0.486. The Labute approximate surface area is 190 Å². The fourth-order valence-electron chi connectivity index (χ4n) is 2.64. The molecule has 0 spiro atoms. The van der Waals surface area contributed by atoms with Crippen molar-refractivity contribution in [1.29, 1.82) is 0 Å². The van der Waals surface area contributed by atoms with Crippen LogP contribution in [0, 0.1) is 0 Å². The van der Waals surface area contributed by atoms with E-state index in [1.807, 2.05) is 25.1 Å². The van der Waals surface area contributed by atoms with Crippen molar-refractivity contribution < 1.29 is 14.3 Å². The van der Waals surface area contributed by atoms with Gasteiger partial charge in [0.2, 0.25) is 0 Å². The molecule has 31 heavy (non-hydrogen) atoms. The molecule has 0 aliphatic rings. The molecular formula is C20H16ClN5O3S2. The van der Waals surface area contributed by atoms with Crippen molar-refractivity contribution in [3.63, 3.8) is 0 Å². The lowest BCUT2D eigenvalue weighted by molar-refractivity contribution is 0.102. The first kappa shape index (κ1) is 21.0. The smallest absolute Gasteiger partial charge is 0.325 e. The molecule has 4 aromatic rings. The summed E-state index contributed by atoms with van der Waals surface area (Å²) in [6, 6.07) is 11.8. The van der Waals surface area contributed by atoms with Crippen molar-refractivity contribution in [2.24, 2.45) is 0 Å². The molecule has 0 aliphatic carbocycles.